The zero-order chi connectivity index (χ0) is 13.3. The number of nitrogens with zero attached hydrogens (tertiary/aromatic N) is 2. The highest BCUT2D eigenvalue weighted by Gasteiger charge is 2.44. The Morgan fingerprint density at radius 2 is 2.17 bits per heavy atom. The fourth-order valence-electron chi connectivity index (χ4n) is 2.05. The molecule has 1 fully saturated rings. The third-order valence-corrected chi connectivity index (χ3v) is 3.04. The van der Waals surface area contributed by atoms with Crippen molar-refractivity contribution in [3.8, 4) is 0 Å². The average Bonchev–Trinajstić information content (AvgIpc) is 2.66. The summed E-state index contributed by atoms with van der Waals surface area (Å²) in [5.41, 5.74) is 4.70. The van der Waals surface area contributed by atoms with Crippen molar-refractivity contribution in [2.24, 2.45) is 5.92 Å². The molecule has 8 heteroatoms. The van der Waals surface area contributed by atoms with Gasteiger partial charge in [0.1, 0.15) is 11.9 Å². The van der Waals surface area contributed by atoms with Crippen LogP contribution in [0.1, 0.15) is 6.23 Å². The second-order valence-electron chi connectivity index (χ2n) is 4.13. The molecule has 4 unspecified atom stereocenters. The van der Waals surface area contributed by atoms with Crippen molar-refractivity contribution in [1.29, 1.82) is 0 Å². The number of aromatic nitrogens is 2. The van der Waals surface area contributed by atoms with Crippen LogP contribution in [0.4, 0.5) is 5.82 Å². The van der Waals surface area contributed by atoms with E-state index in [9.17, 15) is 9.90 Å². The van der Waals surface area contributed by atoms with Crippen LogP contribution in [0.3, 0.4) is 0 Å². The fourth-order valence-corrected chi connectivity index (χ4v) is 2.05. The van der Waals surface area contributed by atoms with Crippen molar-refractivity contribution in [2.75, 3.05) is 18.9 Å². The minimum Gasteiger partial charge on any atom is -0.396 e. The summed E-state index contributed by atoms with van der Waals surface area (Å²) in [6, 6.07) is 1.40. The standard InChI is InChI=1S/C10H15N3O5/c11-7-1-2-13(10(17)12-7)9-8(16)5(3-14)6(4-15)18-9/h1-2,5-6,8-9,14-16H,3-4H2,(H2,11,12,17). The first-order valence-corrected chi connectivity index (χ1v) is 5.48. The van der Waals surface area contributed by atoms with Gasteiger partial charge in [0, 0.05) is 12.1 Å². The molecule has 2 heterocycles. The molecule has 1 aliphatic heterocycles. The largest absolute Gasteiger partial charge is 0.396 e. The molecular formula is C10H15N3O5. The molecule has 0 aromatic carbocycles. The second kappa shape index (κ2) is 5.02. The van der Waals surface area contributed by atoms with Gasteiger partial charge in [0.15, 0.2) is 6.23 Å². The SMILES string of the molecule is Nc1ccn(C2OC(CO)C(CO)C2O)c(=O)n1. The van der Waals surface area contributed by atoms with E-state index in [2.05, 4.69) is 4.98 Å². The van der Waals surface area contributed by atoms with Crippen LogP contribution in [-0.4, -0.2) is 50.3 Å². The molecule has 1 saturated heterocycles. The molecule has 0 radical (unpaired) electrons. The van der Waals surface area contributed by atoms with Crippen LogP contribution in [-0.2, 0) is 4.74 Å². The number of hydrogen-bond donors (Lipinski definition) is 4. The van der Waals surface area contributed by atoms with Gasteiger partial charge in [0.05, 0.1) is 19.3 Å². The smallest absolute Gasteiger partial charge is 0.351 e. The van der Waals surface area contributed by atoms with Crippen molar-refractivity contribution < 1.29 is 20.1 Å². The van der Waals surface area contributed by atoms with Gasteiger partial charge in [-0.25, -0.2) is 4.79 Å². The van der Waals surface area contributed by atoms with Crippen molar-refractivity contribution in [1.82, 2.24) is 9.55 Å². The summed E-state index contributed by atoms with van der Waals surface area (Å²) in [5, 5.41) is 28.2. The zero-order valence-electron chi connectivity index (χ0n) is 9.51. The minimum atomic E-state index is -1.10. The molecule has 2 rings (SSSR count). The molecule has 0 aliphatic carbocycles. The molecule has 18 heavy (non-hydrogen) atoms. The third-order valence-electron chi connectivity index (χ3n) is 3.04. The van der Waals surface area contributed by atoms with E-state index in [4.69, 9.17) is 20.7 Å². The summed E-state index contributed by atoms with van der Waals surface area (Å²) in [7, 11) is 0. The van der Waals surface area contributed by atoms with Gasteiger partial charge in [0.25, 0.3) is 0 Å². The first kappa shape index (κ1) is 13.0. The van der Waals surface area contributed by atoms with Gasteiger partial charge in [0.2, 0.25) is 0 Å². The summed E-state index contributed by atoms with van der Waals surface area (Å²) in [6.07, 6.45) is -1.46. The summed E-state index contributed by atoms with van der Waals surface area (Å²) >= 11 is 0. The average molecular weight is 257 g/mol. The lowest BCUT2D eigenvalue weighted by Crippen LogP contribution is -2.34. The van der Waals surface area contributed by atoms with E-state index < -0.39 is 30.0 Å². The number of aliphatic hydroxyl groups is 3. The quantitative estimate of drug-likeness (QED) is 0.478. The van der Waals surface area contributed by atoms with Crippen LogP contribution in [0.15, 0.2) is 17.1 Å². The van der Waals surface area contributed by atoms with Crippen molar-refractivity contribution in [3.05, 3.63) is 22.7 Å². The van der Waals surface area contributed by atoms with E-state index in [1.165, 1.54) is 12.3 Å². The van der Waals surface area contributed by atoms with E-state index in [0.29, 0.717) is 0 Å². The summed E-state index contributed by atoms with van der Waals surface area (Å²) in [5.74, 6) is -0.578. The predicted molar refractivity (Wildman–Crippen MR) is 60.5 cm³/mol. The Bertz CT molecular complexity index is 477. The molecule has 0 saturated carbocycles. The van der Waals surface area contributed by atoms with Crippen molar-refractivity contribution in [2.45, 2.75) is 18.4 Å². The van der Waals surface area contributed by atoms with Gasteiger partial charge in [-0.2, -0.15) is 4.98 Å². The Morgan fingerprint density at radius 1 is 1.44 bits per heavy atom. The summed E-state index contributed by atoms with van der Waals surface area (Å²) < 4.78 is 6.44. The maximum absolute atomic E-state index is 11.6. The number of ether oxygens (including phenoxy) is 1. The summed E-state index contributed by atoms with van der Waals surface area (Å²) in [4.78, 5) is 15.1. The van der Waals surface area contributed by atoms with E-state index in [1.54, 1.807) is 0 Å². The number of aliphatic hydroxyl groups excluding tert-OH is 3. The number of hydrogen-bond acceptors (Lipinski definition) is 7. The van der Waals surface area contributed by atoms with E-state index in [0.717, 1.165) is 4.57 Å². The molecule has 0 amide bonds. The third kappa shape index (κ3) is 2.10. The number of nitrogen functional groups attached to an aromatic ring is 1. The van der Waals surface area contributed by atoms with E-state index >= 15 is 0 Å². The Hall–Kier alpha value is -1.48. The second-order valence-corrected chi connectivity index (χ2v) is 4.13. The van der Waals surface area contributed by atoms with Crippen molar-refractivity contribution >= 4 is 5.82 Å². The first-order chi connectivity index (χ1) is 8.58. The highest BCUT2D eigenvalue weighted by molar-refractivity contribution is 5.23. The monoisotopic (exact) mass is 257 g/mol. The minimum absolute atomic E-state index is 0.0705. The van der Waals surface area contributed by atoms with Gasteiger partial charge in [-0.15, -0.1) is 0 Å². The molecule has 8 nitrogen and oxygen atoms in total. The first-order valence-electron chi connectivity index (χ1n) is 5.48. The number of anilines is 1. The lowest BCUT2D eigenvalue weighted by molar-refractivity contribution is -0.0537. The molecular weight excluding hydrogens is 242 g/mol. The Labute approximate surface area is 102 Å². The summed E-state index contributed by atoms with van der Waals surface area (Å²) in [6.45, 7) is -0.698. The molecule has 5 N–H and O–H groups in total. The molecule has 0 spiro atoms. The van der Waals surface area contributed by atoms with Gasteiger partial charge in [-0.1, -0.05) is 0 Å². The van der Waals surface area contributed by atoms with Crippen LogP contribution >= 0.6 is 0 Å². The van der Waals surface area contributed by atoms with Gasteiger partial charge >= 0.3 is 5.69 Å². The van der Waals surface area contributed by atoms with Gasteiger partial charge in [-0.3, -0.25) is 4.57 Å². The lowest BCUT2D eigenvalue weighted by atomic mass is 9.99. The van der Waals surface area contributed by atoms with Crippen LogP contribution in [0.25, 0.3) is 0 Å². The Balaban J connectivity index is 2.32. The molecule has 1 aromatic heterocycles. The molecule has 100 valence electrons. The zero-order valence-corrected chi connectivity index (χ0v) is 9.51. The molecule has 1 aliphatic rings. The highest BCUT2D eigenvalue weighted by Crippen LogP contribution is 2.32. The predicted octanol–water partition coefficient (Wildman–Crippen LogP) is -2.32. The van der Waals surface area contributed by atoms with E-state index in [1.807, 2.05) is 0 Å². The lowest BCUT2D eigenvalue weighted by Gasteiger charge is -2.17. The fraction of sp³-hybridized carbons (Fsp3) is 0.600. The van der Waals surface area contributed by atoms with Crippen LogP contribution in [0.2, 0.25) is 0 Å². The Morgan fingerprint density at radius 3 is 2.67 bits per heavy atom. The normalized spacial score (nSPS) is 31.7. The van der Waals surface area contributed by atoms with Crippen LogP contribution in [0.5, 0.6) is 0 Å². The number of rotatable bonds is 3. The molecule has 0 bridgehead atoms. The van der Waals surface area contributed by atoms with Gasteiger partial charge in [-0.05, 0) is 6.07 Å². The maximum Gasteiger partial charge on any atom is 0.351 e. The van der Waals surface area contributed by atoms with Crippen LogP contribution in [0, 0.1) is 5.92 Å². The van der Waals surface area contributed by atoms with E-state index in [-0.39, 0.29) is 19.0 Å². The topological polar surface area (TPSA) is 131 Å². The van der Waals surface area contributed by atoms with Crippen LogP contribution < -0.4 is 11.4 Å². The highest BCUT2D eigenvalue weighted by atomic mass is 16.5. The van der Waals surface area contributed by atoms with Crippen molar-refractivity contribution in [3.63, 3.8) is 0 Å². The van der Waals surface area contributed by atoms with Gasteiger partial charge < -0.3 is 25.8 Å². The maximum atomic E-state index is 11.6. The number of nitrogens with two attached hydrogens (primary N) is 1. The Kier molecular flexibility index (Phi) is 3.62. The molecule has 1 aromatic rings. The molecule has 4 atom stereocenters.